The van der Waals surface area contributed by atoms with Crippen LogP contribution in [-0.4, -0.2) is 13.6 Å². The summed E-state index contributed by atoms with van der Waals surface area (Å²) in [5.74, 6) is -0.200. The predicted molar refractivity (Wildman–Crippen MR) is 90.0 cm³/mol. The Morgan fingerprint density at radius 1 is 1.19 bits per heavy atom. The quantitative estimate of drug-likeness (QED) is 0.833. The molecule has 2 nitrogen and oxygen atoms in total. The second-order valence-electron chi connectivity index (χ2n) is 4.95. The van der Waals surface area contributed by atoms with Gasteiger partial charge in [-0.3, -0.25) is 0 Å². The minimum absolute atomic E-state index is 0.200. The molecule has 0 unspecified atom stereocenters. The van der Waals surface area contributed by atoms with Gasteiger partial charge >= 0.3 is 0 Å². The molecule has 0 aliphatic rings. The highest BCUT2D eigenvalue weighted by atomic mass is 79.9. The lowest BCUT2D eigenvalue weighted by atomic mass is 10.1. The summed E-state index contributed by atoms with van der Waals surface area (Å²) in [6, 6.07) is 13.1. The molecule has 4 heteroatoms. The first-order valence-corrected chi connectivity index (χ1v) is 7.85. The fourth-order valence-electron chi connectivity index (χ4n) is 2.30. The van der Waals surface area contributed by atoms with Crippen molar-refractivity contribution >= 4 is 21.6 Å². The van der Waals surface area contributed by atoms with Crippen LogP contribution in [0.5, 0.6) is 0 Å². The molecule has 2 aromatic rings. The number of nitrogens with zero attached hydrogens (tertiary/aromatic N) is 1. The van der Waals surface area contributed by atoms with E-state index in [0.29, 0.717) is 0 Å². The number of nitrogens with one attached hydrogen (secondary N) is 1. The molecule has 1 N–H and O–H groups in total. The van der Waals surface area contributed by atoms with E-state index in [1.807, 2.05) is 13.1 Å². The standard InChI is InChI=1S/C17H20BrFN2/c1-3-21(16-6-4-5-15(19)10-16)12-14-8-7-13(11-20-2)9-17(14)18/h4-10,20H,3,11-12H2,1-2H3. The van der Waals surface area contributed by atoms with Crippen LogP contribution in [-0.2, 0) is 13.1 Å². The van der Waals surface area contributed by atoms with Crippen molar-refractivity contribution in [1.82, 2.24) is 5.32 Å². The highest BCUT2D eigenvalue weighted by Gasteiger charge is 2.09. The Hall–Kier alpha value is -1.39. The van der Waals surface area contributed by atoms with E-state index in [9.17, 15) is 4.39 Å². The maximum Gasteiger partial charge on any atom is 0.125 e. The van der Waals surface area contributed by atoms with E-state index in [1.54, 1.807) is 12.1 Å². The summed E-state index contributed by atoms with van der Waals surface area (Å²) in [6.07, 6.45) is 0. The molecule has 21 heavy (non-hydrogen) atoms. The summed E-state index contributed by atoms with van der Waals surface area (Å²) in [5, 5.41) is 3.14. The number of benzene rings is 2. The second kappa shape index (κ2) is 7.57. The number of hydrogen-bond donors (Lipinski definition) is 1. The topological polar surface area (TPSA) is 15.3 Å². The zero-order chi connectivity index (χ0) is 15.2. The van der Waals surface area contributed by atoms with Gasteiger partial charge in [0.2, 0.25) is 0 Å². The highest BCUT2D eigenvalue weighted by Crippen LogP contribution is 2.24. The van der Waals surface area contributed by atoms with Gasteiger partial charge in [0.15, 0.2) is 0 Å². The van der Waals surface area contributed by atoms with Crippen LogP contribution in [0.4, 0.5) is 10.1 Å². The Morgan fingerprint density at radius 2 is 2.00 bits per heavy atom. The zero-order valence-electron chi connectivity index (χ0n) is 12.4. The molecule has 0 bridgehead atoms. The van der Waals surface area contributed by atoms with Crippen LogP contribution in [0, 0.1) is 5.82 Å². The lowest BCUT2D eigenvalue weighted by molar-refractivity contribution is 0.626. The molecular formula is C17H20BrFN2. The van der Waals surface area contributed by atoms with Gasteiger partial charge in [-0.05, 0) is 49.4 Å². The third-order valence-corrected chi connectivity index (χ3v) is 4.15. The third kappa shape index (κ3) is 4.29. The maximum atomic E-state index is 13.4. The van der Waals surface area contributed by atoms with Crippen LogP contribution in [0.15, 0.2) is 46.9 Å². The van der Waals surface area contributed by atoms with E-state index < -0.39 is 0 Å². The monoisotopic (exact) mass is 350 g/mol. The van der Waals surface area contributed by atoms with E-state index in [1.165, 1.54) is 17.2 Å². The zero-order valence-corrected chi connectivity index (χ0v) is 14.0. The van der Waals surface area contributed by atoms with Gasteiger partial charge in [-0.2, -0.15) is 0 Å². The van der Waals surface area contributed by atoms with Gasteiger partial charge < -0.3 is 10.2 Å². The molecule has 0 spiro atoms. The Bertz CT molecular complexity index is 601. The largest absolute Gasteiger partial charge is 0.367 e. The molecule has 0 amide bonds. The molecule has 0 radical (unpaired) electrons. The summed E-state index contributed by atoms with van der Waals surface area (Å²) in [6.45, 7) is 4.50. The molecule has 0 atom stereocenters. The molecule has 0 aliphatic heterocycles. The SMILES string of the molecule is CCN(Cc1ccc(CNC)cc1Br)c1cccc(F)c1. The fourth-order valence-corrected chi connectivity index (χ4v) is 2.85. The van der Waals surface area contributed by atoms with E-state index in [2.05, 4.69) is 51.3 Å². The van der Waals surface area contributed by atoms with Crippen molar-refractivity contribution in [2.75, 3.05) is 18.5 Å². The van der Waals surface area contributed by atoms with Crippen molar-refractivity contribution in [2.45, 2.75) is 20.0 Å². The molecule has 0 saturated carbocycles. The summed E-state index contributed by atoms with van der Waals surface area (Å²) in [5.41, 5.74) is 3.34. The first-order chi connectivity index (χ1) is 10.1. The molecule has 0 aliphatic carbocycles. The van der Waals surface area contributed by atoms with E-state index in [0.717, 1.165) is 29.8 Å². The molecule has 0 heterocycles. The first-order valence-electron chi connectivity index (χ1n) is 7.06. The second-order valence-corrected chi connectivity index (χ2v) is 5.80. The van der Waals surface area contributed by atoms with Crippen molar-refractivity contribution in [3.63, 3.8) is 0 Å². The Labute approximate surface area is 134 Å². The minimum atomic E-state index is -0.200. The van der Waals surface area contributed by atoms with Crippen LogP contribution in [0.1, 0.15) is 18.1 Å². The molecule has 0 saturated heterocycles. The lowest BCUT2D eigenvalue weighted by Crippen LogP contribution is -2.22. The Kier molecular flexibility index (Phi) is 5.76. The highest BCUT2D eigenvalue weighted by molar-refractivity contribution is 9.10. The van der Waals surface area contributed by atoms with Gasteiger partial charge in [-0.1, -0.05) is 34.1 Å². The molecule has 0 aromatic heterocycles. The minimum Gasteiger partial charge on any atom is -0.367 e. The molecule has 112 valence electrons. The van der Waals surface area contributed by atoms with Gasteiger partial charge in [0.05, 0.1) is 0 Å². The third-order valence-electron chi connectivity index (χ3n) is 3.41. The number of rotatable bonds is 6. The van der Waals surface area contributed by atoms with Crippen LogP contribution < -0.4 is 10.2 Å². The van der Waals surface area contributed by atoms with Crippen LogP contribution in [0.2, 0.25) is 0 Å². The van der Waals surface area contributed by atoms with Crippen molar-refractivity contribution in [3.05, 3.63) is 63.9 Å². The molecule has 2 aromatic carbocycles. The Morgan fingerprint density at radius 3 is 2.62 bits per heavy atom. The van der Waals surface area contributed by atoms with Crippen LogP contribution in [0.3, 0.4) is 0 Å². The molecular weight excluding hydrogens is 331 g/mol. The summed E-state index contributed by atoms with van der Waals surface area (Å²) >= 11 is 3.63. The Balaban J connectivity index is 2.19. The van der Waals surface area contributed by atoms with Gasteiger partial charge in [-0.25, -0.2) is 4.39 Å². The van der Waals surface area contributed by atoms with Crippen molar-refractivity contribution in [3.8, 4) is 0 Å². The lowest BCUT2D eigenvalue weighted by Gasteiger charge is -2.24. The van der Waals surface area contributed by atoms with E-state index in [-0.39, 0.29) is 5.82 Å². The van der Waals surface area contributed by atoms with Crippen LogP contribution >= 0.6 is 15.9 Å². The predicted octanol–water partition coefficient (Wildman–Crippen LogP) is 4.33. The number of anilines is 1. The number of hydrogen-bond acceptors (Lipinski definition) is 2. The normalized spacial score (nSPS) is 10.7. The van der Waals surface area contributed by atoms with Crippen molar-refractivity contribution in [2.24, 2.45) is 0 Å². The summed E-state index contributed by atoms with van der Waals surface area (Å²) < 4.78 is 14.5. The first kappa shape index (κ1) is 16.0. The van der Waals surface area contributed by atoms with E-state index in [4.69, 9.17) is 0 Å². The summed E-state index contributed by atoms with van der Waals surface area (Å²) in [7, 11) is 1.94. The van der Waals surface area contributed by atoms with Crippen molar-refractivity contribution < 1.29 is 4.39 Å². The average Bonchev–Trinajstić information content (AvgIpc) is 2.47. The number of halogens is 2. The smallest absolute Gasteiger partial charge is 0.125 e. The van der Waals surface area contributed by atoms with Gasteiger partial charge in [-0.15, -0.1) is 0 Å². The molecule has 2 rings (SSSR count). The van der Waals surface area contributed by atoms with Gasteiger partial charge in [0.25, 0.3) is 0 Å². The van der Waals surface area contributed by atoms with Crippen molar-refractivity contribution in [1.29, 1.82) is 0 Å². The maximum absolute atomic E-state index is 13.4. The summed E-state index contributed by atoms with van der Waals surface area (Å²) in [4.78, 5) is 2.15. The van der Waals surface area contributed by atoms with Crippen LogP contribution in [0.25, 0.3) is 0 Å². The fraction of sp³-hybridized carbons (Fsp3) is 0.294. The van der Waals surface area contributed by atoms with Gasteiger partial charge in [0.1, 0.15) is 5.82 Å². The van der Waals surface area contributed by atoms with E-state index >= 15 is 0 Å². The van der Waals surface area contributed by atoms with Gasteiger partial charge in [0, 0.05) is 29.8 Å². The average molecular weight is 351 g/mol. The molecule has 0 fully saturated rings.